The lowest BCUT2D eigenvalue weighted by Gasteiger charge is -2.10. The fourth-order valence-electron chi connectivity index (χ4n) is 1.93. The van der Waals surface area contributed by atoms with Crippen molar-refractivity contribution in [2.75, 3.05) is 18.5 Å². The normalized spacial score (nSPS) is 10.1. The van der Waals surface area contributed by atoms with Gasteiger partial charge in [-0.2, -0.15) is 0 Å². The molecule has 0 aromatic heterocycles. The number of carbonyl (C=O) groups excluding carboxylic acids is 1. The molecule has 0 bridgehead atoms. The van der Waals surface area contributed by atoms with Crippen molar-refractivity contribution >= 4 is 29.2 Å². The summed E-state index contributed by atoms with van der Waals surface area (Å²) in [6, 6.07) is 11.0. The van der Waals surface area contributed by atoms with E-state index in [1.807, 2.05) is 6.92 Å². The number of benzene rings is 2. The minimum absolute atomic E-state index is 0.0387. The molecule has 24 heavy (non-hydrogen) atoms. The topological polar surface area (TPSA) is 84.9 Å². The molecule has 2 N–H and O–H groups in total. The van der Waals surface area contributed by atoms with Gasteiger partial charge >= 0.3 is 5.97 Å². The number of hydrogen-bond donors (Lipinski definition) is 2. The van der Waals surface area contributed by atoms with Crippen LogP contribution < -0.4 is 14.8 Å². The average molecular weight is 350 g/mol. The highest BCUT2D eigenvalue weighted by molar-refractivity contribution is 6.30. The molecule has 2 aromatic rings. The van der Waals surface area contributed by atoms with Gasteiger partial charge in [0.2, 0.25) is 0 Å². The summed E-state index contributed by atoms with van der Waals surface area (Å²) in [6.07, 6.45) is 0. The maximum atomic E-state index is 11.9. The molecule has 0 aliphatic carbocycles. The van der Waals surface area contributed by atoms with E-state index in [-0.39, 0.29) is 17.9 Å². The lowest BCUT2D eigenvalue weighted by Crippen LogP contribution is -2.20. The summed E-state index contributed by atoms with van der Waals surface area (Å²) in [5, 5.41) is 12.1. The molecule has 0 fully saturated rings. The third-order valence-corrected chi connectivity index (χ3v) is 3.22. The van der Waals surface area contributed by atoms with Crippen LogP contribution in [0.1, 0.15) is 17.3 Å². The zero-order valence-corrected chi connectivity index (χ0v) is 13.7. The average Bonchev–Trinajstić information content (AvgIpc) is 2.55. The van der Waals surface area contributed by atoms with E-state index in [0.717, 1.165) is 0 Å². The summed E-state index contributed by atoms with van der Waals surface area (Å²) in [5.41, 5.74) is 0.518. The Morgan fingerprint density at radius 1 is 1.12 bits per heavy atom. The number of anilines is 1. The monoisotopic (exact) mass is 349 g/mol. The van der Waals surface area contributed by atoms with Crippen molar-refractivity contribution in [2.24, 2.45) is 0 Å². The number of ether oxygens (including phenoxy) is 2. The van der Waals surface area contributed by atoms with E-state index in [1.54, 1.807) is 24.3 Å². The Balaban J connectivity index is 1.96. The van der Waals surface area contributed by atoms with Crippen molar-refractivity contribution in [2.45, 2.75) is 6.92 Å². The first-order valence-corrected chi connectivity index (χ1v) is 7.55. The van der Waals surface area contributed by atoms with Gasteiger partial charge in [0.15, 0.2) is 6.61 Å². The highest BCUT2D eigenvalue weighted by Crippen LogP contribution is 2.23. The van der Waals surface area contributed by atoms with Crippen LogP contribution >= 0.6 is 11.6 Å². The van der Waals surface area contributed by atoms with Crippen LogP contribution in [0.15, 0.2) is 42.5 Å². The Kier molecular flexibility index (Phi) is 6.03. The molecular formula is C17H16ClNO5. The smallest absolute Gasteiger partial charge is 0.339 e. The highest BCUT2D eigenvalue weighted by Gasteiger charge is 2.13. The Bertz CT molecular complexity index is 730. The molecule has 0 saturated heterocycles. The summed E-state index contributed by atoms with van der Waals surface area (Å²) in [4.78, 5) is 23.0. The summed E-state index contributed by atoms with van der Waals surface area (Å²) < 4.78 is 10.6. The molecular weight excluding hydrogens is 334 g/mol. The predicted molar refractivity (Wildman–Crippen MR) is 90.1 cm³/mol. The lowest BCUT2D eigenvalue weighted by atomic mass is 10.2. The molecule has 126 valence electrons. The number of hydrogen-bond acceptors (Lipinski definition) is 4. The molecule has 2 aromatic carbocycles. The van der Waals surface area contributed by atoms with Gasteiger partial charge in [0.05, 0.1) is 6.61 Å². The number of rotatable bonds is 7. The summed E-state index contributed by atoms with van der Waals surface area (Å²) in [7, 11) is 0. The number of aromatic carboxylic acids is 1. The molecule has 0 aliphatic rings. The van der Waals surface area contributed by atoms with Gasteiger partial charge in [-0.05, 0) is 49.4 Å². The first kappa shape index (κ1) is 17.6. The maximum absolute atomic E-state index is 11.9. The molecule has 0 atom stereocenters. The predicted octanol–water partition coefficient (Wildman–Crippen LogP) is 3.45. The zero-order chi connectivity index (χ0) is 17.5. The van der Waals surface area contributed by atoms with E-state index in [0.29, 0.717) is 23.1 Å². The van der Waals surface area contributed by atoms with Gasteiger partial charge in [-0.15, -0.1) is 0 Å². The second kappa shape index (κ2) is 8.21. The minimum atomic E-state index is -1.16. The van der Waals surface area contributed by atoms with Gasteiger partial charge in [0.1, 0.15) is 17.1 Å². The Morgan fingerprint density at radius 3 is 2.46 bits per heavy atom. The standard InChI is InChI=1S/C17H16ClNO5/c1-2-23-13-6-4-12(5-7-13)19-16(20)10-24-15-9-11(18)3-8-14(15)17(21)22/h3-9H,2,10H2,1H3,(H,19,20)(H,21,22). The minimum Gasteiger partial charge on any atom is -0.494 e. The molecule has 6 nitrogen and oxygen atoms in total. The molecule has 1 amide bonds. The van der Waals surface area contributed by atoms with Gasteiger partial charge in [-0.25, -0.2) is 4.79 Å². The van der Waals surface area contributed by atoms with Crippen molar-refractivity contribution in [1.29, 1.82) is 0 Å². The van der Waals surface area contributed by atoms with E-state index in [2.05, 4.69) is 5.32 Å². The molecule has 0 heterocycles. The first-order valence-electron chi connectivity index (χ1n) is 7.18. The number of halogens is 1. The van der Waals surface area contributed by atoms with Crippen LogP contribution in [0.25, 0.3) is 0 Å². The Hall–Kier alpha value is -2.73. The molecule has 0 saturated carbocycles. The number of nitrogens with one attached hydrogen (secondary N) is 1. The Morgan fingerprint density at radius 2 is 1.83 bits per heavy atom. The van der Waals surface area contributed by atoms with E-state index in [9.17, 15) is 9.59 Å². The van der Waals surface area contributed by atoms with E-state index < -0.39 is 11.9 Å². The molecule has 2 rings (SSSR count). The van der Waals surface area contributed by atoms with Crippen LogP contribution in [0, 0.1) is 0 Å². The van der Waals surface area contributed by atoms with Crippen molar-refractivity contribution in [3.05, 3.63) is 53.1 Å². The summed E-state index contributed by atoms with van der Waals surface area (Å²) >= 11 is 5.82. The van der Waals surface area contributed by atoms with Crippen molar-refractivity contribution in [3.63, 3.8) is 0 Å². The second-order valence-corrected chi connectivity index (χ2v) is 5.18. The van der Waals surface area contributed by atoms with Crippen LogP contribution in [0.5, 0.6) is 11.5 Å². The van der Waals surface area contributed by atoms with Crippen LogP contribution in [0.4, 0.5) is 5.69 Å². The molecule has 0 aliphatic heterocycles. The van der Waals surface area contributed by atoms with Crippen molar-refractivity contribution in [1.82, 2.24) is 0 Å². The fraction of sp³-hybridized carbons (Fsp3) is 0.176. The molecule has 0 spiro atoms. The molecule has 0 radical (unpaired) electrons. The third-order valence-electron chi connectivity index (χ3n) is 2.98. The zero-order valence-electron chi connectivity index (χ0n) is 12.9. The van der Waals surface area contributed by atoms with E-state index in [1.165, 1.54) is 18.2 Å². The van der Waals surface area contributed by atoms with Crippen LogP contribution in [-0.2, 0) is 4.79 Å². The number of carboxylic acids is 1. The Labute approximate surface area is 144 Å². The highest BCUT2D eigenvalue weighted by atomic mass is 35.5. The van der Waals surface area contributed by atoms with Gasteiger partial charge < -0.3 is 19.9 Å². The number of amides is 1. The molecule has 0 unspecified atom stereocenters. The van der Waals surface area contributed by atoms with Crippen LogP contribution in [0.3, 0.4) is 0 Å². The SMILES string of the molecule is CCOc1ccc(NC(=O)COc2cc(Cl)ccc2C(=O)O)cc1. The summed E-state index contributed by atoms with van der Waals surface area (Å²) in [5.74, 6) is -0.835. The van der Waals surface area contributed by atoms with Crippen molar-refractivity contribution in [3.8, 4) is 11.5 Å². The third kappa shape index (κ3) is 4.89. The number of carboxylic acid groups (broad SMARTS) is 1. The molecule has 7 heteroatoms. The quantitative estimate of drug-likeness (QED) is 0.799. The lowest BCUT2D eigenvalue weighted by molar-refractivity contribution is -0.118. The largest absolute Gasteiger partial charge is 0.494 e. The second-order valence-electron chi connectivity index (χ2n) is 4.74. The van der Waals surface area contributed by atoms with Crippen LogP contribution in [0.2, 0.25) is 5.02 Å². The van der Waals surface area contributed by atoms with Crippen LogP contribution in [-0.4, -0.2) is 30.2 Å². The van der Waals surface area contributed by atoms with E-state index >= 15 is 0 Å². The maximum Gasteiger partial charge on any atom is 0.339 e. The summed E-state index contributed by atoms with van der Waals surface area (Å²) in [6.45, 7) is 2.10. The first-order chi connectivity index (χ1) is 11.5. The van der Waals surface area contributed by atoms with E-state index in [4.69, 9.17) is 26.2 Å². The van der Waals surface area contributed by atoms with Crippen molar-refractivity contribution < 1.29 is 24.2 Å². The fourth-order valence-corrected chi connectivity index (χ4v) is 2.10. The van der Waals surface area contributed by atoms with Gasteiger partial charge in [0, 0.05) is 10.7 Å². The number of carbonyl (C=O) groups is 2. The van der Waals surface area contributed by atoms with Gasteiger partial charge in [0.25, 0.3) is 5.91 Å². The van der Waals surface area contributed by atoms with Gasteiger partial charge in [-0.3, -0.25) is 4.79 Å². The van der Waals surface area contributed by atoms with Gasteiger partial charge in [-0.1, -0.05) is 11.6 Å².